The van der Waals surface area contributed by atoms with Crippen LogP contribution in [-0.2, 0) is 4.79 Å². The zero-order valence-corrected chi connectivity index (χ0v) is 13.1. The highest BCUT2D eigenvalue weighted by atomic mass is 16.3. The molecule has 4 nitrogen and oxygen atoms in total. The third kappa shape index (κ3) is 2.14. The van der Waals surface area contributed by atoms with E-state index in [9.17, 15) is 9.90 Å². The molecule has 0 heterocycles. The molecular weight excluding hydrogens is 276 g/mol. The van der Waals surface area contributed by atoms with Gasteiger partial charge in [-0.3, -0.25) is 4.79 Å². The van der Waals surface area contributed by atoms with Crippen molar-refractivity contribution in [2.45, 2.75) is 33.1 Å². The minimum atomic E-state index is -0.444. The van der Waals surface area contributed by atoms with Crippen LogP contribution in [0.25, 0.3) is 0 Å². The van der Waals surface area contributed by atoms with Gasteiger partial charge in [-0.15, -0.1) is 0 Å². The lowest BCUT2D eigenvalue weighted by Crippen LogP contribution is -2.39. The van der Waals surface area contributed by atoms with E-state index in [4.69, 9.17) is 0 Å². The van der Waals surface area contributed by atoms with E-state index in [0.717, 1.165) is 30.4 Å². The van der Waals surface area contributed by atoms with E-state index in [-0.39, 0.29) is 17.1 Å². The number of amides is 1. The number of rotatable bonds is 3. The molecule has 2 atom stereocenters. The summed E-state index contributed by atoms with van der Waals surface area (Å²) in [5, 5.41) is 13.3. The second-order valence-corrected chi connectivity index (χ2v) is 7.01. The van der Waals surface area contributed by atoms with Crippen LogP contribution in [-0.4, -0.2) is 17.2 Å². The van der Waals surface area contributed by atoms with Crippen LogP contribution in [0.3, 0.4) is 0 Å². The molecule has 0 aliphatic heterocycles. The number of nitrogens with zero attached hydrogens (tertiary/aromatic N) is 1. The zero-order valence-electron chi connectivity index (χ0n) is 13.1. The van der Waals surface area contributed by atoms with Gasteiger partial charge >= 0.3 is 0 Å². The highest BCUT2D eigenvalue weighted by molar-refractivity contribution is 5.89. The number of carbonyl (C=O) groups excluding carboxylic acids is 1. The lowest BCUT2D eigenvalue weighted by molar-refractivity contribution is -0.128. The Hall–Kier alpha value is -2.10. The first-order valence-corrected chi connectivity index (χ1v) is 7.69. The Bertz CT molecular complexity index is 646. The number of hydrazone groups is 1. The maximum atomic E-state index is 12.6. The highest BCUT2D eigenvalue weighted by Crippen LogP contribution is 2.65. The summed E-state index contributed by atoms with van der Waals surface area (Å²) in [4.78, 5) is 12.6. The van der Waals surface area contributed by atoms with Gasteiger partial charge in [-0.25, -0.2) is 5.43 Å². The number of carbonyl (C=O) groups is 1. The molecule has 2 N–H and O–H groups in total. The molecule has 0 saturated heterocycles. The number of phenolic OH excluding ortho intramolecular Hbond substituents is 1. The topological polar surface area (TPSA) is 61.7 Å². The number of hydrogen-bond donors (Lipinski definition) is 2. The minimum absolute atomic E-state index is 0.0380. The van der Waals surface area contributed by atoms with Crippen molar-refractivity contribution in [2.24, 2.45) is 21.8 Å². The van der Waals surface area contributed by atoms with Gasteiger partial charge in [-0.05, 0) is 60.4 Å². The van der Waals surface area contributed by atoms with Gasteiger partial charge in [-0.2, -0.15) is 5.10 Å². The molecule has 1 aromatic rings. The average Bonchev–Trinajstić information content (AvgIpc) is 3.01. The Balaban J connectivity index is 1.70. The first-order valence-electron chi connectivity index (χ1n) is 7.69. The highest BCUT2D eigenvalue weighted by Gasteiger charge is 2.60. The minimum Gasteiger partial charge on any atom is -0.508 e. The number of benzene rings is 1. The van der Waals surface area contributed by atoms with Crippen molar-refractivity contribution < 1.29 is 9.90 Å². The quantitative estimate of drug-likeness (QED) is 0.511. The van der Waals surface area contributed by atoms with Crippen LogP contribution in [0.4, 0.5) is 0 Å². The molecule has 2 bridgehead atoms. The van der Waals surface area contributed by atoms with Gasteiger partial charge in [0.15, 0.2) is 0 Å². The van der Waals surface area contributed by atoms with Crippen LogP contribution in [0.1, 0.15) is 38.7 Å². The molecule has 0 aromatic heterocycles. The van der Waals surface area contributed by atoms with Gasteiger partial charge in [0, 0.05) is 0 Å². The number of hydrogen-bond acceptors (Lipinski definition) is 3. The smallest absolute Gasteiger partial charge is 0.250 e. The van der Waals surface area contributed by atoms with Crippen LogP contribution >= 0.6 is 0 Å². The number of aromatic hydroxyl groups is 1. The van der Waals surface area contributed by atoms with E-state index in [1.165, 1.54) is 0 Å². The van der Waals surface area contributed by atoms with Gasteiger partial charge in [0.25, 0.3) is 0 Å². The number of phenols is 1. The molecule has 0 spiro atoms. The monoisotopic (exact) mass is 298 g/mol. The molecule has 2 fully saturated rings. The second kappa shape index (κ2) is 4.97. The van der Waals surface area contributed by atoms with E-state index in [1.807, 2.05) is 0 Å². The summed E-state index contributed by atoms with van der Waals surface area (Å²) < 4.78 is 0. The Morgan fingerprint density at radius 2 is 2.09 bits per heavy atom. The van der Waals surface area contributed by atoms with E-state index in [0.29, 0.717) is 5.92 Å². The van der Waals surface area contributed by atoms with Crippen molar-refractivity contribution in [3.8, 4) is 5.75 Å². The standard InChI is InChI=1S/C18H22N2O2/c1-12-17(2,3)14-8-9-18(12,10-14)16(22)20-19-11-13-4-6-15(21)7-5-13/h4-7,11,14,21H,1,8-10H2,2-3H3,(H,20,22)/b19-11+/t14-,18+/m0/s1. The Morgan fingerprint density at radius 1 is 1.41 bits per heavy atom. The third-order valence-electron chi connectivity index (χ3n) is 5.60. The van der Waals surface area contributed by atoms with Crippen LogP contribution in [0.15, 0.2) is 41.5 Å². The van der Waals surface area contributed by atoms with Crippen LogP contribution < -0.4 is 5.43 Å². The predicted octanol–water partition coefficient (Wildman–Crippen LogP) is 3.22. The lowest BCUT2D eigenvalue weighted by atomic mass is 9.68. The predicted molar refractivity (Wildman–Crippen MR) is 86.5 cm³/mol. The van der Waals surface area contributed by atoms with Crippen LogP contribution in [0.5, 0.6) is 5.75 Å². The van der Waals surface area contributed by atoms with Crippen molar-refractivity contribution in [1.82, 2.24) is 5.43 Å². The summed E-state index contributed by atoms with van der Waals surface area (Å²) in [6.45, 7) is 8.60. The first-order chi connectivity index (χ1) is 10.4. The molecule has 4 heteroatoms. The first kappa shape index (κ1) is 14.8. The fraction of sp³-hybridized carbons (Fsp3) is 0.444. The number of nitrogens with one attached hydrogen (secondary N) is 1. The molecular formula is C18H22N2O2. The van der Waals surface area contributed by atoms with Gasteiger partial charge in [0.2, 0.25) is 5.91 Å². The Labute approximate surface area is 130 Å². The Kier molecular flexibility index (Phi) is 3.35. The summed E-state index contributed by atoms with van der Waals surface area (Å²) in [6, 6.07) is 6.66. The molecule has 2 aliphatic rings. The fourth-order valence-corrected chi connectivity index (χ4v) is 3.97. The normalized spacial score (nSPS) is 29.2. The summed E-state index contributed by atoms with van der Waals surface area (Å²) in [5.74, 6) is 0.717. The van der Waals surface area contributed by atoms with Crippen molar-refractivity contribution in [3.05, 3.63) is 42.0 Å². The fourth-order valence-electron chi connectivity index (χ4n) is 3.97. The summed E-state index contributed by atoms with van der Waals surface area (Å²) in [7, 11) is 0. The van der Waals surface area contributed by atoms with E-state index in [1.54, 1.807) is 30.5 Å². The van der Waals surface area contributed by atoms with E-state index >= 15 is 0 Å². The van der Waals surface area contributed by atoms with Gasteiger partial charge in [0.1, 0.15) is 5.75 Å². The molecule has 22 heavy (non-hydrogen) atoms. The van der Waals surface area contributed by atoms with Gasteiger partial charge < -0.3 is 5.11 Å². The maximum Gasteiger partial charge on any atom is 0.250 e. The molecule has 116 valence electrons. The average molecular weight is 298 g/mol. The molecule has 0 unspecified atom stereocenters. The molecule has 1 aromatic carbocycles. The summed E-state index contributed by atoms with van der Waals surface area (Å²) in [5.41, 5.74) is 4.15. The van der Waals surface area contributed by atoms with Crippen molar-refractivity contribution >= 4 is 12.1 Å². The SMILES string of the molecule is C=C1C(C)(C)[C@H]2CC[C@@]1(C(=O)N/N=C/c1ccc(O)cc1)C2. The summed E-state index contributed by atoms with van der Waals surface area (Å²) in [6.07, 6.45) is 4.43. The molecule has 0 radical (unpaired) electrons. The molecule has 2 saturated carbocycles. The third-order valence-corrected chi connectivity index (χ3v) is 5.60. The molecule has 2 aliphatic carbocycles. The van der Waals surface area contributed by atoms with Crippen molar-refractivity contribution in [1.29, 1.82) is 0 Å². The van der Waals surface area contributed by atoms with Gasteiger partial charge in [0.05, 0.1) is 11.6 Å². The van der Waals surface area contributed by atoms with E-state index in [2.05, 4.69) is 31.0 Å². The Morgan fingerprint density at radius 3 is 2.68 bits per heavy atom. The summed E-state index contributed by atoms with van der Waals surface area (Å²) >= 11 is 0. The van der Waals surface area contributed by atoms with E-state index < -0.39 is 5.41 Å². The van der Waals surface area contributed by atoms with Crippen molar-refractivity contribution in [2.75, 3.05) is 0 Å². The van der Waals surface area contributed by atoms with Crippen LogP contribution in [0.2, 0.25) is 0 Å². The van der Waals surface area contributed by atoms with Crippen LogP contribution in [0, 0.1) is 16.7 Å². The largest absolute Gasteiger partial charge is 0.508 e. The van der Waals surface area contributed by atoms with Gasteiger partial charge in [-0.1, -0.05) is 26.0 Å². The maximum absolute atomic E-state index is 12.6. The molecule has 1 amide bonds. The number of fused-ring (bicyclic) bond motifs is 2. The molecule has 3 rings (SSSR count). The zero-order chi connectivity index (χ0) is 16.0. The van der Waals surface area contributed by atoms with Crippen molar-refractivity contribution in [3.63, 3.8) is 0 Å². The second-order valence-electron chi connectivity index (χ2n) is 7.01. The lowest BCUT2D eigenvalue weighted by Gasteiger charge is -2.36.